The van der Waals surface area contributed by atoms with Crippen molar-refractivity contribution in [3.8, 4) is 0 Å². The number of carboxylic acid groups (broad SMARTS) is 1. The lowest BCUT2D eigenvalue weighted by Gasteiger charge is -2.13. The summed E-state index contributed by atoms with van der Waals surface area (Å²) in [4.78, 5) is 23.0. The average molecular weight is 342 g/mol. The van der Waals surface area contributed by atoms with Gasteiger partial charge in [0.2, 0.25) is 5.91 Å². The fourth-order valence-corrected chi connectivity index (χ4v) is 2.81. The van der Waals surface area contributed by atoms with Crippen LogP contribution in [-0.4, -0.2) is 29.7 Å². The van der Waals surface area contributed by atoms with Gasteiger partial charge in [-0.15, -0.1) is 0 Å². The van der Waals surface area contributed by atoms with Gasteiger partial charge < -0.3 is 15.2 Å². The highest BCUT2D eigenvalue weighted by atomic mass is 79.9. The molecule has 5 nitrogen and oxygen atoms in total. The molecule has 1 saturated heterocycles. The summed E-state index contributed by atoms with van der Waals surface area (Å²) in [5.41, 5.74) is 1.46. The summed E-state index contributed by atoms with van der Waals surface area (Å²) in [5.74, 6) is -1.19. The summed E-state index contributed by atoms with van der Waals surface area (Å²) in [7, 11) is 0. The lowest BCUT2D eigenvalue weighted by Crippen LogP contribution is -2.20. The molecule has 1 amide bonds. The molecular weight excluding hydrogens is 326 g/mol. The molecule has 6 heteroatoms. The number of carbonyl (C=O) groups is 2. The molecule has 1 atom stereocenters. The molecule has 0 bridgehead atoms. The number of aryl methyl sites for hydroxylation is 1. The molecule has 1 heterocycles. The molecule has 0 spiro atoms. The smallest absolute Gasteiger partial charge is 0.336 e. The molecular formula is C14H16BrNO4. The van der Waals surface area contributed by atoms with Crippen LogP contribution in [0.5, 0.6) is 0 Å². The maximum atomic E-state index is 11.9. The topological polar surface area (TPSA) is 75.6 Å². The van der Waals surface area contributed by atoms with Crippen LogP contribution in [0.1, 0.15) is 35.2 Å². The highest BCUT2D eigenvalue weighted by molar-refractivity contribution is 9.10. The van der Waals surface area contributed by atoms with Gasteiger partial charge >= 0.3 is 5.97 Å². The first kappa shape index (κ1) is 15.0. The van der Waals surface area contributed by atoms with Crippen molar-refractivity contribution in [3.05, 3.63) is 27.7 Å². The fourth-order valence-electron chi connectivity index (χ4n) is 2.18. The summed E-state index contributed by atoms with van der Waals surface area (Å²) < 4.78 is 5.91. The third-order valence-corrected chi connectivity index (χ3v) is 3.91. The Hall–Kier alpha value is -1.40. The number of anilines is 1. The minimum Gasteiger partial charge on any atom is -0.478 e. The molecule has 1 aliphatic heterocycles. The Morgan fingerprint density at radius 2 is 2.25 bits per heavy atom. The number of hydrogen-bond acceptors (Lipinski definition) is 3. The quantitative estimate of drug-likeness (QED) is 0.882. The van der Waals surface area contributed by atoms with E-state index in [0.717, 1.165) is 18.4 Å². The van der Waals surface area contributed by atoms with Crippen LogP contribution < -0.4 is 5.32 Å². The van der Waals surface area contributed by atoms with Crippen molar-refractivity contribution in [2.75, 3.05) is 11.9 Å². The van der Waals surface area contributed by atoms with E-state index in [1.165, 1.54) is 6.07 Å². The van der Waals surface area contributed by atoms with E-state index in [4.69, 9.17) is 9.84 Å². The van der Waals surface area contributed by atoms with Crippen LogP contribution in [0.2, 0.25) is 0 Å². The molecule has 0 aliphatic carbocycles. The lowest BCUT2D eigenvalue weighted by molar-refractivity contribution is -0.118. The Kier molecular flexibility index (Phi) is 4.77. The maximum Gasteiger partial charge on any atom is 0.336 e. The largest absolute Gasteiger partial charge is 0.478 e. The molecule has 108 valence electrons. The van der Waals surface area contributed by atoms with Gasteiger partial charge in [0.05, 0.1) is 18.1 Å². The monoisotopic (exact) mass is 341 g/mol. The third kappa shape index (κ3) is 3.58. The van der Waals surface area contributed by atoms with Gasteiger partial charge in [0, 0.05) is 16.8 Å². The zero-order chi connectivity index (χ0) is 14.7. The number of amides is 1. The number of nitrogens with one attached hydrogen (secondary N) is 1. The van der Waals surface area contributed by atoms with Crippen LogP contribution in [-0.2, 0) is 9.53 Å². The zero-order valence-corrected chi connectivity index (χ0v) is 12.7. The second kappa shape index (κ2) is 6.37. The van der Waals surface area contributed by atoms with E-state index in [2.05, 4.69) is 21.2 Å². The van der Waals surface area contributed by atoms with Crippen LogP contribution in [0, 0.1) is 6.92 Å². The second-order valence-electron chi connectivity index (χ2n) is 4.84. The van der Waals surface area contributed by atoms with Crippen molar-refractivity contribution in [2.45, 2.75) is 32.3 Å². The minimum absolute atomic E-state index is 0.0234. The van der Waals surface area contributed by atoms with E-state index < -0.39 is 5.97 Å². The first-order valence-corrected chi connectivity index (χ1v) is 7.21. The Morgan fingerprint density at radius 3 is 2.85 bits per heavy atom. The van der Waals surface area contributed by atoms with Gasteiger partial charge in [-0.1, -0.05) is 0 Å². The van der Waals surface area contributed by atoms with Crippen molar-refractivity contribution < 1.29 is 19.4 Å². The number of ether oxygens (including phenoxy) is 1. The zero-order valence-electron chi connectivity index (χ0n) is 11.1. The van der Waals surface area contributed by atoms with Crippen molar-refractivity contribution >= 4 is 33.5 Å². The Bertz CT molecular complexity index is 538. The summed E-state index contributed by atoms with van der Waals surface area (Å²) in [6, 6.07) is 3.15. The lowest BCUT2D eigenvalue weighted by atomic mass is 10.1. The van der Waals surface area contributed by atoms with Crippen LogP contribution in [0.4, 0.5) is 5.69 Å². The van der Waals surface area contributed by atoms with Crippen molar-refractivity contribution in [2.24, 2.45) is 0 Å². The number of carboxylic acids is 1. The minimum atomic E-state index is -1.04. The van der Waals surface area contributed by atoms with Gasteiger partial charge in [-0.25, -0.2) is 4.79 Å². The van der Waals surface area contributed by atoms with Crippen LogP contribution >= 0.6 is 15.9 Å². The average Bonchev–Trinajstić information content (AvgIpc) is 2.84. The molecule has 1 aliphatic rings. The Labute approximate surface area is 125 Å². The highest BCUT2D eigenvalue weighted by Gasteiger charge is 2.20. The standard InChI is InChI=1S/C14H16BrNO4/c1-8-5-11(15)10(14(18)19)7-12(8)16-13(17)6-9-3-2-4-20-9/h5,7,9H,2-4,6H2,1H3,(H,16,17)(H,18,19)/t9-/m0/s1. The van der Waals surface area contributed by atoms with Crippen LogP contribution in [0.15, 0.2) is 16.6 Å². The normalized spacial score (nSPS) is 18.0. The van der Waals surface area contributed by atoms with Crippen molar-refractivity contribution in [1.82, 2.24) is 0 Å². The maximum absolute atomic E-state index is 11.9. The van der Waals surface area contributed by atoms with E-state index >= 15 is 0 Å². The summed E-state index contributed by atoms with van der Waals surface area (Å²) in [6.07, 6.45) is 2.16. The molecule has 1 aromatic rings. The summed E-state index contributed by atoms with van der Waals surface area (Å²) >= 11 is 3.21. The molecule has 2 rings (SSSR count). The van der Waals surface area contributed by atoms with E-state index in [1.54, 1.807) is 6.07 Å². The number of hydrogen-bond donors (Lipinski definition) is 2. The van der Waals surface area contributed by atoms with E-state index in [1.807, 2.05) is 6.92 Å². The molecule has 1 aromatic carbocycles. The van der Waals surface area contributed by atoms with Gasteiger partial charge in [-0.05, 0) is 53.4 Å². The number of carbonyl (C=O) groups excluding carboxylic acids is 1. The van der Waals surface area contributed by atoms with E-state index in [-0.39, 0.29) is 17.6 Å². The first-order valence-electron chi connectivity index (χ1n) is 6.42. The molecule has 0 radical (unpaired) electrons. The van der Waals surface area contributed by atoms with Crippen molar-refractivity contribution in [1.29, 1.82) is 0 Å². The van der Waals surface area contributed by atoms with Crippen LogP contribution in [0.3, 0.4) is 0 Å². The molecule has 20 heavy (non-hydrogen) atoms. The molecule has 2 N–H and O–H groups in total. The Balaban J connectivity index is 2.09. The van der Waals surface area contributed by atoms with Crippen LogP contribution in [0.25, 0.3) is 0 Å². The molecule has 0 aromatic heterocycles. The third-order valence-electron chi connectivity index (χ3n) is 3.26. The van der Waals surface area contributed by atoms with Gasteiger partial charge in [0.25, 0.3) is 0 Å². The first-order chi connectivity index (χ1) is 9.47. The predicted octanol–water partition coefficient (Wildman–Crippen LogP) is 2.96. The SMILES string of the molecule is Cc1cc(Br)c(C(=O)O)cc1NC(=O)C[C@@H]1CCCO1. The van der Waals surface area contributed by atoms with E-state index in [0.29, 0.717) is 23.2 Å². The fraction of sp³-hybridized carbons (Fsp3) is 0.429. The number of rotatable bonds is 4. The number of halogens is 1. The second-order valence-corrected chi connectivity index (χ2v) is 5.69. The predicted molar refractivity (Wildman–Crippen MR) is 78.1 cm³/mol. The summed E-state index contributed by atoms with van der Waals surface area (Å²) in [5, 5.41) is 11.8. The van der Waals surface area contributed by atoms with Gasteiger partial charge in [-0.2, -0.15) is 0 Å². The summed E-state index contributed by atoms with van der Waals surface area (Å²) in [6.45, 7) is 2.52. The molecule has 1 fully saturated rings. The highest BCUT2D eigenvalue weighted by Crippen LogP contribution is 2.26. The van der Waals surface area contributed by atoms with Gasteiger partial charge in [-0.3, -0.25) is 4.79 Å². The van der Waals surface area contributed by atoms with Gasteiger partial charge in [0.15, 0.2) is 0 Å². The van der Waals surface area contributed by atoms with E-state index in [9.17, 15) is 9.59 Å². The van der Waals surface area contributed by atoms with Gasteiger partial charge in [0.1, 0.15) is 0 Å². The molecule has 0 unspecified atom stereocenters. The molecule has 0 saturated carbocycles. The number of benzene rings is 1. The number of aromatic carboxylic acids is 1. The Morgan fingerprint density at radius 1 is 1.50 bits per heavy atom. The van der Waals surface area contributed by atoms with Crippen molar-refractivity contribution in [3.63, 3.8) is 0 Å².